The highest BCUT2D eigenvalue weighted by Gasteiger charge is 2.03. The molecule has 0 aliphatic carbocycles. The topological polar surface area (TPSA) is 15.3 Å². The van der Waals surface area contributed by atoms with E-state index in [0.717, 1.165) is 19.0 Å². The number of rotatable bonds is 8. The smallest absolute Gasteiger partial charge is 0.0340 e. The second-order valence-electron chi connectivity index (χ2n) is 4.93. The maximum absolute atomic E-state index is 3.45. The Bertz CT molecular complexity index is 282. The highest BCUT2D eigenvalue weighted by atomic mass is 15.1. The predicted molar refractivity (Wildman–Crippen MR) is 76.5 cm³/mol. The number of anilines is 1. The zero-order valence-electron chi connectivity index (χ0n) is 11.4. The normalized spacial score (nSPS) is 11.1. The van der Waals surface area contributed by atoms with Crippen LogP contribution in [0.5, 0.6) is 0 Å². The SMILES string of the molecule is CCN(CCCNc1ccccc1)CC(C)C. The van der Waals surface area contributed by atoms with Gasteiger partial charge in [0.15, 0.2) is 0 Å². The van der Waals surface area contributed by atoms with Gasteiger partial charge in [-0.2, -0.15) is 0 Å². The van der Waals surface area contributed by atoms with Gasteiger partial charge in [0.2, 0.25) is 0 Å². The lowest BCUT2D eigenvalue weighted by molar-refractivity contribution is 0.256. The molecule has 2 heteroatoms. The van der Waals surface area contributed by atoms with Gasteiger partial charge in [0, 0.05) is 18.8 Å². The number of para-hydroxylation sites is 1. The molecular weight excluding hydrogens is 208 g/mol. The second-order valence-corrected chi connectivity index (χ2v) is 4.93. The van der Waals surface area contributed by atoms with Crippen molar-refractivity contribution < 1.29 is 0 Å². The summed E-state index contributed by atoms with van der Waals surface area (Å²) < 4.78 is 0. The molecule has 0 fully saturated rings. The van der Waals surface area contributed by atoms with Crippen LogP contribution in [0.4, 0.5) is 5.69 Å². The summed E-state index contributed by atoms with van der Waals surface area (Å²) in [7, 11) is 0. The maximum atomic E-state index is 3.45. The first-order valence-electron chi connectivity index (χ1n) is 6.73. The monoisotopic (exact) mass is 234 g/mol. The van der Waals surface area contributed by atoms with Crippen molar-refractivity contribution in [3.8, 4) is 0 Å². The average molecular weight is 234 g/mol. The highest BCUT2D eigenvalue weighted by molar-refractivity contribution is 5.42. The molecule has 0 unspecified atom stereocenters. The van der Waals surface area contributed by atoms with Crippen molar-refractivity contribution in [2.24, 2.45) is 5.92 Å². The minimum Gasteiger partial charge on any atom is -0.385 e. The van der Waals surface area contributed by atoms with E-state index in [1.165, 1.54) is 25.2 Å². The van der Waals surface area contributed by atoms with Crippen molar-refractivity contribution in [3.05, 3.63) is 30.3 Å². The number of hydrogen-bond donors (Lipinski definition) is 1. The molecule has 0 atom stereocenters. The number of benzene rings is 1. The zero-order chi connectivity index (χ0) is 12.5. The predicted octanol–water partition coefficient (Wildman–Crippen LogP) is 3.47. The zero-order valence-corrected chi connectivity index (χ0v) is 11.4. The fourth-order valence-electron chi connectivity index (χ4n) is 1.99. The first-order valence-corrected chi connectivity index (χ1v) is 6.73. The number of nitrogens with zero attached hydrogens (tertiary/aromatic N) is 1. The molecule has 0 saturated heterocycles. The van der Waals surface area contributed by atoms with Gasteiger partial charge in [-0.1, -0.05) is 39.0 Å². The minimum absolute atomic E-state index is 0.761. The molecule has 96 valence electrons. The summed E-state index contributed by atoms with van der Waals surface area (Å²) in [5, 5.41) is 3.45. The Morgan fingerprint density at radius 2 is 1.88 bits per heavy atom. The van der Waals surface area contributed by atoms with E-state index >= 15 is 0 Å². The van der Waals surface area contributed by atoms with Gasteiger partial charge in [-0.25, -0.2) is 0 Å². The van der Waals surface area contributed by atoms with Crippen molar-refractivity contribution in [1.82, 2.24) is 4.90 Å². The van der Waals surface area contributed by atoms with Crippen LogP contribution in [0.15, 0.2) is 30.3 Å². The lowest BCUT2D eigenvalue weighted by Gasteiger charge is -2.22. The minimum atomic E-state index is 0.761. The Labute approximate surface area is 106 Å². The van der Waals surface area contributed by atoms with Gasteiger partial charge in [0.1, 0.15) is 0 Å². The summed E-state index contributed by atoms with van der Waals surface area (Å²) in [6, 6.07) is 10.4. The molecule has 0 spiro atoms. The van der Waals surface area contributed by atoms with Crippen molar-refractivity contribution in [3.63, 3.8) is 0 Å². The Hall–Kier alpha value is -1.02. The molecule has 0 aliphatic heterocycles. The summed E-state index contributed by atoms with van der Waals surface area (Å²) in [4.78, 5) is 2.53. The third-order valence-electron chi connectivity index (χ3n) is 2.82. The van der Waals surface area contributed by atoms with E-state index in [1.807, 2.05) is 6.07 Å². The number of nitrogens with one attached hydrogen (secondary N) is 1. The van der Waals surface area contributed by atoms with E-state index in [4.69, 9.17) is 0 Å². The fourth-order valence-corrected chi connectivity index (χ4v) is 1.99. The van der Waals surface area contributed by atoms with Crippen molar-refractivity contribution in [1.29, 1.82) is 0 Å². The molecule has 1 aromatic carbocycles. The molecule has 2 nitrogen and oxygen atoms in total. The Balaban J connectivity index is 2.14. The van der Waals surface area contributed by atoms with Crippen LogP contribution in [0.2, 0.25) is 0 Å². The maximum Gasteiger partial charge on any atom is 0.0340 e. The first kappa shape index (κ1) is 14.0. The van der Waals surface area contributed by atoms with Crippen LogP contribution in [0.3, 0.4) is 0 Å². The first-order chi connectivity index (χ1) is 8.22. The van der Waals surface area contributed by atoms with Gasteiger partial charge in [0.25, 0.3) is 0 Å². The summed E-state index contributed by atoms with van der Waals surface area (Å²) >= 11 is 0. The molecule has 0 heterocycles. The largest absolute Gasteiger partial charge is 0.385 e. The quantitative estimate of drug-likeness (QED) is 0.693. The molecule has 0 amide bonds. The van der Waals surface area contributed by atoms with Crippen LogP contribution in [-0.2, 0) is 0 Å². The molecule has 17 heavy (non-hydrogen) atoms. The van der Waals surface area contributed by atoms with E-state index in [0.29, 0.717) is 0 Å². The molecule has 1 N–H and O–H groups in total. The molecular formula is C15H26N2. The summed E-state index contributed by atoms with van der Waals surface area (Å²) in [6.45, 7) is 11.4. The molecule has 1 rings (SSSR count). The lowest BCUT2D eigenvalue weighted by atomic mass is 10.2. The van der Waals surface area contributed by atoms with Crippen LogP contribution >= 0.6 is 0 Å². The fraction of sp³-hybridized carbons (Fsp3) is 0.600. The standard InChI is InChI=1S/C15H26N2/c1-4-17(13-14(2)3)12-8-11-16-15-9-6-5-7-10-15/h5-7,9-10,14,16H,4,8,11-13H2,1-3H3. The van der Waals surface area contributed by atoms with Gasteiger partial charge in [0.05, 0.1) is 0 Å². The molecule has 0 aromatic heterocycles. The average Bonchev–Trinajstić information content (AvgIpc) is 2.34. The third-order valence-corrected chi connectivity index (χ3v) is 2.82. The molecule has 0 bridgehead atoms. The second kappa shape index (κ2) is 8.13. The van der Waals surface area contributed by atoms with Crippen molar-refractivity contribution >= 4 is 5.69 Å². The molecule has 0 aliphatic rings. The Morgan fingerprint density at radius 3 is 2.47 bits per heavy atom. The van der Waals surface area contributed by atoms with Crippen LogP contribution in [0.1, 0.15) is 27.2 Å². The summed E-state index contributed by atoms with van der Waals surface area (Å²) in [5.41, 5.74) is 1.22. The third kappa shape index (κ3) is 6.32. The molecule has 0 saturated carbocycles. The molecule has 0 radical (unpaired) electrons. The summed E-state index contributed by atoms with van der Waals surface area (Å²) in [6.07, 6.45) is 1.20. The van der Waals surface area contributed by atoms with E-state index in [-0.39, 0.29) is 0 Å². The van der Waals surface area contributed by atoms with Gasteiger partial charge < -0.3 is 10.2 Å². The van der Waals surface area contributed by atoms with Gasteiger partial charge in [-0.3, -0.25) is 0 Å². The van der Waals surface area contributed by atoms with E-state index in [1.54, 1.807) is 0 Å². The van der Waals surface area contributed by atoms with E-state index in [2.05, 4.69) is 55.3 Å². The number of hydrogen-bond acceptors (Lipinski definition) is 2. The van der Waals surface area contributed by atoms with Gasteiger partial charge in [-0.15, -0.1) is 0 Å². The summed E-state index contributed by atoms with van der Waals surface area (Å²) in [5.74, 6) is 0.761. The molecule has 1 aromatic rings. The highest BCUT2D eigenvalue weighted by Crippen LogP contribution is 2.05. The van der Waals surface area contributed by atoms with Gasteiger partial charge in [-0.05, 0) is 37.6 Å². The van der Waals surface area contributed by atoms with Crippen molar-refractivity contribution in [2.75, 3.05) is 31.5 Å². The van der Waals surface area contributed by atoms with Crippen LogP contribution in [0.25, 0.3) is 0 Å². The Kier molecular flexibility index (Phi) is 6.71. The van der Waals surface area contributed by atoms with E-state index < -0.39 is 0 Å². The van der Waals surface area contributed by atoms with Crippen LogP contribution in [-0.4, -0.2) is 31.1 Å². The van der Waals surface area contributed by atoms with Crippen molar-refractivity contribution in [2.45, 2.75) is 27.2 Å². The lowest BCUT2D eigenvalue weighted by Crippen LogP contribution is -2.29. The van der Waals surface area contributed by atoms with E-state index in [9.17, 15) is 0 Å². The van der Waals surface area contributed by atoms with Crippen LogP contribution in [0, 0.1) is 5.92 Å². The Morgan fingerprint density at radius 1 is 1.18 bits per heavy atom. The van der Waals surface area contributed by atoms with Crippen LogP contribution < -0.4 is 5.32 Å². The van der Waals surface area contributed by atoms with Gasteiger partial charge >= 0.3 is 0 Å².